The minimum atomic E-state index is -0.418. The molecule has 0 saturated carbocycles. The van der Waals surface area contributed by atoms with Gasteiger partial charge in [0.2, 0.25) is 0 Å². The smallest absolute Gasteiger partial charge is 0.273 e. The molecule has 0 saturated heterocycles. The lowest BCUT2D eigenvalue weighted by molar-refractivity contribution is 0.0943. The topological polar surface area (TPSA) is 92.9 Å². The lowest BCUT2D eigenvalue weighted by Gasteiger charge is -2.07. The Morgan fingerprint density at radius 1 is 1.23 bits per heavy atom. The molecule has 7 heteroatoms. The van der Waals surface area contributed by atoms with Crippen molar-refractivity contribution >= 4 is 5.91 Å². The maximum absolute atomic E-state index is 11.9. The SMILES string of the molecule is O=C(NCc1ccc(-n2cncn2)cc1)c1ncccc1O. The molecule has 2 aromatic heterocycles. The van der Waals surface area contributed by atoms with Crippen LogP contribution in [0.2, 0.25) is 0 Å². The molecule has 1 amide bonds. The van der Waals surface area contributed by atoms with Crippen LogP contribution in [0.3, 0.4) is 0 Å². The number of nitrogens with zero attached hydrogens (tertiary/aromatic N) is 4. The van der Waals surface area contributed by atoms with E-state index in [4.69, 9.17) is 0 Å². The van der Waals surface area contributed by atoms with E-state index in [1.54, 1.807) is 17.1 Å². The summed E-state index contributed by atoms with van der Waals surface area (Å²) >= 11 is 0. The third-order valence-electron chi connectivity index (χ3n) is 3.07. The molecule has 0 bridgehead atoms. The van der Waals surface area contributed by atoms with Crippen LogP contribution in [0.4, 0.5) is 0 Å². The van der Waals surface area contributed by atoms with Crippen LogP contribution in [0.1, 0.15) is 16.1 Å². The number of pyridine rings is 1. The Morgan fingerprint density at radius 3 is 2.73 bits per heavy atom. The molecule has 0 atom stereocenters. The van der Waals surface area contributed by atoms with Crippen molar-refractivity contribution in [3.8, 4) is 11.4 Å². The Bertz CT molecular complexity index is 769. The summed E-state index contributed by atoms with van der Waals surface area (Å²) in [5.74, 6) is -0.556. The van der Waals surface area contributed by atoms with Gasteiger partial charge in [0.15, 0.2) is 5.69 Å². The van der Waals surface area contributed by atoms with Crippen molar-refractivity contribution in [1.82, 2.24) is 25.1 Å². The zero-order chi connectivity index (χ0) is 15.4. The molecule has 0 aliphatic rings. The van der Waals surface area contributed by atoms with Gasteiger partial charge in [0.05, 0.1) is 5.69 Å². The van der Waals surface area contributed by atoms with Gasteiger partial charge >= 0.3 is 0 Å². The van der Waals surface area contributed by atoms with Crippen LogP contribution >= 0.6 is 0 Å². The van der Waals surface area contributed by atoms with Gasteiger partial charge in [-0.15, -0.1) is 0 Å². The Kier molecular flexibility index (Phi) is 3.78. The number of aromatic hydroxyl groups is 1. The number of hydrogen-bond acceptors (Lipinski definition) is 5. The van der Waals surface area contributed by atoms with E-state index in [1.807, 2.05) is 24.3 Å². The second-order valence-corrected chi connectivity index (χ2v) is 4.56. The van der Waals surface area contributed by atoms with Crippen LogP contribution in [0.15, 0.2) is 55.2 Å². The molecule has 0 radical (unpaired) electrons. The Morgan fingerprint density at radius 2 is 2.05 bits per heavy atom. The van der Waals surface area contributed by atoms with Gasteiger partial charge in [-0.1, -0.05) is 12.1 Å². The third-order valence-corrected chi connectivity index (χ3v) is 3.07. The van der Waals surface area contributed by atoms with Crippen molar-refractivity contribution in [3.63, 3.8) is 0 Å². The zero-order valence-corrected chi connectivity index (χ0v) is 11.5. The fraction of sp³-hybridized carbons (Fsp3) is 0.0667. The molecule has 0 unspecified atom stereocenters. The average Bonchev–Trinajstić information content (AvgIpc) is 3.08. The molecule has 0 aliphatic heterocycles. The van der Waals surface area contributed by atoms with Crippen LogP contribution in [-0.2, 0) is 6.54 Å². The highest BCUT2D eigenvalue weighted by Gasteiger charge is 2.11. The van der Waals surface area contributed by atoms with E-state index in [0.29, 0.717) is 6.54 Å². The molecule has 0 fully saturated rings. The average molecular weight is 295 g/mol. The first-order valence-electron chi connectivity index (χ1n) is 6.60. The standard InChI is InChI=1S/C15H13N5O2/c21-13-2-1-7-17-14(13)15(22)18-8-11-3-5-12(6-4-11)20-10-16-9-19-20/h1-7,9-10,21H,8H2,(H,18,22). The monoisotopic (exact) mass is 295 g/mol. The highest BCUT2D eigenvalue weighted by Crippen LogP contribution is 2.13. The Labute approximate surface area is 126 Å². The summed E-state index contributed by atoms with van der Waals surface area (Å²) in [7, 11) is 0. The van der Waals surface area contributed by atoms with Gasteiger partial charge in [-0.2, -0.15) is 5.10 Å². The number of amides is 1. The highest BCUT2D eigenvalue weighted by atomic mass is 16.3. The summed E-state index contributed by atoms with van der Waals surface area (Å²) in [6.45, 7) is 0.340. The summed E-state index contributed by atoms with van der Waals surface area (Å²) in [5, 5.41) is 16.3. The molecular weight excluding hydrogens is 282 g/mol. The summed E-state index contributed by atoms with van der Waals surface area (Å²) in [4.78, 5) is 19.7. The van der Waals surface area contributed by atoms with E-state index in [9.17, 15) is 9.90 Å². The Balaban J connectivity index is 1.64. The van der Waals surface area contributed by atoms with Gasteiger partial charge in [0.25, 0.3) is 5.91 Å². The van der Waals surface area contributed by atoms with Gasteiger partial charge in [-0.3, -0.25) is 4.79 Å². The number of benzene rings is 1. The van der Waals surface area contributed by atoms with E-state index in [1.165, 1.54) is 18.6 Å². The predicted molar refractivity (Wildman–Crippen MR) is 78.4 cm³/mol. The maximum Gasteiger partial charge on any atom is 0.273 e. The minimum absolute atomic E-state index is 0.0155. The van der Waals surface area contributed by atoms with Crippen molar-refractivity contribution in [3.05, 3.63) is 66.5 Å². The summed E-state index contributed by atoms with van der Waals surface area (Å²) in [5.41, 5.74) is 1.82. The molecule has 2 N–H and O–H groups in total. The van der Waals surface area contributed by atoms with Gasteiger partial charge in [-0.25, -0.2) is 14.6 Å². The highest BCUT2D eigenvalue weighted by molar-refractivity contribution is 5.94. The molecule has 1 aromatic carbocycles. The first-order chi connectivity index (χ1) is 10.7. The van der Waals surface area contributed by atoms with Crippen molar-refractivity contribution in [2.45, 2.75) is 6.54 Å². The summed E-state index contributed by atoms with van der Waals surface area (Å²) in [6, 6.07) is 10.5. The van der Waals surface area contributed by atoms with Crippen LogP contribution in [0.5, 0.6) is 5.75 Å². The third kappa shape index (κ3) is 2.93. The van der Waals surface area contributed by atoms with E-state index in [-0.39, 0.29) is 11.4 Å². The quantitative estimate of drug-likeness (QED) is 0.756. The molecule has 3 rings (SSSR count). The van der Waals surface area contributed by atoms with Gasteiger partial charge in [-0.05, 0) is 29.8 Å². The normalized spacial score (nSPS) is 10.4. The van der Waals surface area contributed by atoms with Gasteiger partial charge in [0.1, 0.15) is 18.4 Å². The van der Waals surface area contributed by atoms with Gasteiger partial charge in [0, 0.05) is 12.7 Å². The minimum Gasteiger partial charge on any atom is -0.505 e. The van der Waals surface area contributed by atoms with Crippen LogP contribution in [0, 0.1) is 0 Å². The van der Waals surface area contributed by atoms with Crippen LogP contribution in [0.25, 0.3) is 5.69 Å². The number of aromatic nitrogens is 4. The zero-order valence-electron chi connectivity index (χ0n) is 11.5. The molecule has 7 nitrogen and oxygen atoms in total. The predicted octanol–water partition coefficient (Wildman–Crippen LogP) is 1.30. The van der Waals surface area contributed by atoms with Crippen molar-refractivity contribution in [2.24, 2.45) is 0 Å². The number of carbonyl (C=O) groups is 1. The van der Waals surface area contributed by atoms with Gasteiger partial charge < -0.3 is 10.4 Å². The van der Waals surface area contributed by atoms with E-state index >= 15 is 0 Å². The first-order valence-corrected chi connectivity index (χ1v) is 6.60. The van der Waals surface area contributed by atoms with Crippen LogP contribution in [-0.4, -0.2) is 30.8 Å². The van der Waals surface area contributed by atoms with Crippen molar-refractivity contribution in [2.75, 3.05) is 0 Å². The molecule has 22 heavy (non-hydrogen) atoms. The summed E-state index contributed by atoms with van der Waals surface area (Å²) in [6.07, 6.45) is 4.54. The molecule has 0 aliphatic carbocycles. The number of hydrogen-bond donors (Lipinski definition) is 2. The fourth-order valence-electron chi connectivity index (χ4n) is 1.95. The van der Waals surface area contributed by atoms with Crippen molar-refractivity contribution in [1.29, 1.82) is 0 Å². The van der Waals surface area contributed by atoms with E-state index in [0.717, 1.165) is 11.3 Å². The lowest BCUT2D eigenvalue weighted by Crippen LogP contribution is -2.23. The first kappa shape index (κ1) is 13.7. The van der Waals surface area contributed by atoms with E-state index in [2.05, 4.69) is 20.4 Å². The second kappa shape index (κ2) is 6.04. The number of carbonyl (C=O) groups excluding carboxylic acids is 1. The number of nitrogens with one attached hydrogen (secondary N) is 1. The fourth-order valence-corrected chi connectivity index (χ4v) is 1.95. The molecule has 110 valence electrons. The maximum atomic E-state index is 11.9. The molecule has 3 aromatic rings. The molecule has 2 heterocycles. The lowest BCUT2D eigenvalue weighted by atomic mass is 10.2. The summed E-state index contributed by atoms with van der Waals surface area (Å²) < 4.78 is 1.65. The molecule has 0 spiro atoms. The number of rotatable bonds is 4. The van der Waals surface area contributed by atoms with Crippen molar-refractivity contribution < 1.29 is 9.90 Å². The molecular formula is C15H13N5O2. The Hall–Kier alpha value is -3.22. The van der Waals surface area contributed by atoms with Crippen LogP contribution < -0.4 is 5.32 Å². The second-order valence-electron chi connectivity index (χ2n) is 4.56. The largest absolute Gasteiger partial charge is 0.505 e. The van der Waals surface area contributed by atoms with E-state index < -0.39 is 5.91 Å².